The van der Waals surface area contributed by atoms with Crippen molar-refractivity contribution in [2.75, 3.05) is 25.5 Å². The van der Waals surface area contributed by atoms with Crippen LogP contribution in [0.5, 0.6) is 11.5 Å². The Morgan fingerprint density at radius 1 is 1.29 bits per heavy atom. The van der Waals surface area contributed by atoms with Crippen molar-refractivity contribution in [3.8, 4) is 11.5 Å². The van der Waals surface area contributed by atoms with Crippen LogP contribution in [-0.4, -0.2) is 31.6 Å². The van der Waals surface area contributed by atoms with Crippen molar-refractivity contribution in [3.05, 3.63) is 18.2 Å². The van der Waals surface area contributed by atoms with Crippen molar-refractivity contribution in [2.24, 2.45) is 0 Å². The lowest BCUT2D eigenvalue weighted by Gasteiger charge is -2.19. The third-order valence-electron chi connectivity index (χ3n) is 2.57. The largest absolute Gasteiger partial charge is 0.486 e. The van der Waals surface area contributed by atoms with Gasteiger partial charge in [0, 0.05) is 16.7 Å². The molecule has 1 N–H and O–H groups in total. The van der Waals surface area contributed by atoms with Gasteiger partial charge in [0.25, 0.3) is 0 Å². The predicted octanol–water partition coefficient (Wildman–Crippen LogP) is 2.55. The first kappa shape index (κ1) is 12.6. The first-order chi connectivity index (χ1) is 8.29. The highest BCUT2D eigenvalue weighted by molar-refractivity contribution is 7.99. The Kier molecular flexibility index (Phi) is 4.57. The average molecular weight is 253 g/mol. The average Bonchev–Trinajstić information content (AvgIpc) is 2.36. The number of ether oxygens (including phenoxy) is 2. The molecule has 4 heteroatoms. The van der Waals surface area contributed by atoms with Crippen molar-refractivity contribution in [1.29, 1.82) is 0 Å². The summed E-state index contributed by atoms with van der Waals surface area (Å²) in [7, 11) is 0. The number of fused-ring (bicyclic) bond motifs is 1. The highest BCUT2D eigenvalue weighted by atomic mass is 32.2. The molecule has 1 unspecified atom stereocenters. The molecule has 1 atom stereocenters. The molecule has 0 saturated carbocycles. The summed E-state index contributed by atoms with van der Waals surface area (Å²) < 4.78 is 11.1. The topological polar surface area (TPSA) is 30.5 Å². The molecular formula is C13H19NO2S. The van der Waals surface area contributed by atoms with Crippen molar-refractivity contribution in [2.45, 2.75) is 24.8 Å². The molecule has 1 aliphatic heterocycles. The van der Waals surface area contributed by atoms with E-state index in [0.717, 1.165) is 23.8 Å². The van der Waals surface area contributed by atoms with Gasteiger partial charge >= 0.3 is 0 Å². The van der Waals surface area contributed by atoms with Gasteiger partial charge in [-0.1, -0.05) is 6.92 Å². The third kappa shape index (κ3) is 3.54. The second-order valence-electron chi connectivity index (χ2n) is 4.08. The van der Waals surface area contributed by atoms with Gasteiger partial charge < -0.3 is 14.8 Å². The summed E-state index contributed by atoms with van der Waals surface area (Å²) in [4.78, 5) is 1.24. The highest BCUT2D eigenvalue weighted by Crippen LogP contribution is 2.34. The van der Waals surface area contributed by atoms with Gasteiger partial charge in [0.05, 0.1) is 0 Å². The molecule has 0 aliphatic carbocycles. The molecule has 0 spiro atoms. The molecular weight excluding hydrogens is 234 g/mol. The molecule has 0 fully saturated rings. The van der Waals surface area contributed by atoms with Crippen LogP contribution in [0.25, 0.3) is 0 Å². The van der Waals surface area contributed by atoms with Crippen molar-refractivity contribution < 1.29 is 9.47 Å². The van der Waals surface area contributed by atoms with Crippen LogP contribution in [0.4, 0.5) is 0 Å². The monoisotopic (exact) mass is 253 g/mol. The maximum Gasteiger partial charge on any atom is 0.162 e. The second-order valence-corrected chi connectivity index (χ2v) is 5.17. The molecule has 0 saturated heterocycles. The summed E-state index contributed by atoms with van der Waals surface area (Å²) in [6.45, 7) is 6.65. The molecule has 0 aromatic heterocycles. The van der Waals surface area contributed by atoms with E-state index in [2.05, 4.69) is 31.3 Å². The van der Waals surface area contributed by atoms with E-state index >= 15 is 0 Å². The maximum absolute atomic E-state index is 5.56. The molecule has 0 amide bonds. The lowest BCUT2D eigenvalue weighted by Crippen LogP contribution is -2.27. The Labute approximate surface area is 107 Å². The van der Waals surface area contributed by atoms with Gasteiger partial charge in [-0.3, -0.25) is 0 Å². The zero-order chi connectivity index (χ0) is 12.1. The van der Waals surface area contributed by atoms with Crippen LogP contribution in [0, 0.1) is 0 Å². The van der Waals surface area contributed by atoms with Crippen LogP contribution in [0.1, 0.15) is 13.8 Å². The predicted molar refractivity (Wildman–Crippen MR) is 71.3 cm³/mol. The number of rotatable bonds is 5. The van der Waals surface area contributed by atoms with Gasteiger partial charge in [-0.25, -0.2) is 0 Å². The first-order valence-electron chi connectivity index (χ1n) is 6.05. The molecule has 1 aromatic rings. The quantitative estimate of drug-likeness (QED) is 0.817. The van der Waals surface area contributed by atoms with Gasteiger partial charge in [-0.15, -0.1) is 11.8 Å². The van der Waals surface area contributed by atoms with Crippen LogP contribution in [-0.2, 0) is 0 Å². The molecule has 2 rings (SSSR count). The minimum Gasteiger partial charge on any atom is -0.486 e. The van der Waals surface area contributed by atoms with Crippen LogP contribution in [0.2, 0.25) is 0 Å². The van der Waals surface area contributed by atoms with E-state index in [0.29, 0.717) is 19.3 Å². The Morgan fingerprint density at radius 2 is 2.06 bits per heavy atom. The standard InChI is InChI=1S/C13H19NO2S/c1-3-14-10(2)9-17-11-4-5-12-13(8-11)16-7-6-15-12/h4-5,8,10,14H,3,6-7,9H2,1-2H3. The number of hydrogen-bond donors (Lipinski definition) is 1. The summed E-state index contributed by atoms with van der Waals surface area (Å²) in [5.41, 5.74) is 0. The molecule has 0 bridgehead atoms. The first-order valence-corrected chi connectivity index (χ1v) is 7.04. The molecule has 3 nitrogen and oxygen atoms in total. The minimum absolute atomic E-state index is 0.526. The summed E-state index contributed by atoms with van der Waals surface area (Å²) in [5, 5.41) is 3.40. The Balaban J connectivity index is 1.93. The van der Waals surface area contributed by atoms with E-state index in [1.165, 1.54) is 4.90 Å². The molecule has 1 aromatic carbocycles. The lowest BCUT2D eigenvalue weighted by molar-refractivity contribution is 0.171. The fourth-order valence-corrected chi connectivity index (χ4v) is 2.66. The zero-order valence-electron chi connectivity index (χ0n) is 10.4. The van der Waals surface area contributed by atoms with Gasteiger partial charge in [-0.2, -0.15) is 0 Å². The van der Waals surface area contributed by atoms with Gasteiger partial charge in [0.1, 0.15) is 13.2 Å². The summed E-state index contributed by atoms with van der Waals surface area (Å²) in [5.74, 6) is 2.80. The number of hydrogen-bond acceptors (Lipinski definition) is 4. The minimum atomic E-state index is 0.526. The molecule has 1 aliphatic rings. The normalized spacial score (nSPS) is 15.6. The van der Waals surface area contributed by atoms with E-state index in [-0.39, 0.29) is 0 Å². The summed E-state index contributed by atoms with van der Waals surface area (Å²) in [6.07, 6.45) is 0. The van der Waals surface area contributed by atoms with Crippen molar-refractivity contribution >= 4 is 11.8 Å². The molecule has 0 radical (unpaired) electrons. The van der Waals surface area contributed by atoms with Gasteiger partial charge in [0.2, 0.25) is 0 Å². The van der Waals surface area contributed by atoms with E-state index in [1.807, 2.05) is 17.8 Å². The Bertz CT molecular complexity index is 370. The summed E-state index contributed by atoms with van der Waals surface area (Å²) >= 11 is 1.84. The molecule has 1 heterocycles. The maximum atomic E-state index is 5.56. The van der Waals surface area contributed by atoms with E-state index < -0.39 is 0 Å². The SMILES string of the molecule is CCNC(C)CSc1ccc2c(c1)OCCO2. The molecule has 17 heavy (non-hydrogen) atoms. The Morgan fingerprint density at radius 3 is 2.82 bits per heavy atom. The van der Waals surface area contributed by atoms with Crippen LogP contribution in [0.15, 0.2) is 23.1 Å². The van der Waals surface area contributed by atoms with Crippen LogP contribution in [0.3, 0.4) is 0 Å². The van der Waals surface area contributed by atoms with Crippen molar-refractivity contribution in [1.82, 2.24) is 5.32 Å². The van der Waals surface area contributed by atoms with Crippen molar-refractivity contribution in [3.63, 3.8) is 0 Å². The van der Waals surface area contributed by atoms with Gasteiger partial charge in [-0.05, 0) is 31.7 Å². The Hall–Kier alpha value is -0.870. The van der Waals surface area contributed by atoms with E-state index in [4.69, 9.17) is 9.47 Å². The van der Waals surface area contributed by atoms with E-state index in [1.54, 1.807) is 0 Å². The number of benzene rings is 1. The van der Waals surface area contributed by atoms with Crippen LogP contribution >= 0.6 is 11.8 Å². The fourth-order valence-electron chi connectivity index (χ4n) is 1.74. The third-order valence-corrected chi connectivity index (χ3v) is 3.82. The molecule has 94 valence electrons. The number of nitrogens with one attached hydrogen (secondary N) is 1. The fraction of sp³-hybridized carbons (Fsp3) is 0.538. The highest BCUT2D eigenvalue weighted by Gasteiger charge is 2.12. The van der Waals surface area contributed by atoms with Crippen LogP contribution < -0.4 is 14.8 Å². The second kappa shape index (κ2) is 6.17. The lowest BCUT2D eigenvalue weighted by atomic mass is 10.3. The summed E-state index contributed by atoms with van der Waals surface area (Å²) in [6, 6.07) is 6.68. The number of thioether (sulfide) groups is 1. The zero-order valence-corrected chi connectivity index (χ0v) is 11.2. The smallest absolute Gasteiger partial charge is 0.162 e. The van der Waals surface area contributed by atoms with Gasteiger partial charge in [0.15, 0.2) is 11.5 Å². The van der Waals surface area contributed by atoms with E-state index in [9.17, 15) is 0 Å².